The van der Waals surface area contributed by atoms with Crippen molar-refractivity contribution >= 4 is 39.6 Å². The number of carbonyl (C=O) groups is 3. The van der Waals surface area contributed by atoms with Crippen LogP contribution >= 0.6 is 0 Å². The van der Waals surface area contributed by atoms with Crippen LogP contribution in [-0.2, 0) is 32.3 Å². The van der Waals surface area contributed by atoms with Crippen molar-refractivity contribution in [3.05, 3.63) is 75.7 Å². The second-order valence-electron chi connectivity index (χ2n) is 19.2. The number of esters is 1. The van der Waals surface area contributed by atoms with Gasteiger partial charge in [0.25, 0.3) is 5.56 Å². The molecule has 0 aliphatic carbocycles. The number of aryl methyl sites for hydroxylation is 1. The van der Waals surface area contributed by atoms with Gasteiger partial charge in [-0.3, -0.25) is 33.7 Å². The van der Waals surface area contributed by atoms with Gasteiger partial charge in [0.1, 0.15) is 0 Å². The summed E-state index contributed by atoms with van der Waals surface area (Å²) in [5.41, 5.74) is 4.40. The summed E-state index contributed by atoms with van der Waals surface area (Å²) in [5, 5.41) is 9.25. The SMILES string of the molecule is CCCCCCCCCCCCCC(=O)OCn1c(=O)c(C2CCN(C(=O)C[C@H](Cc3cc(C)c4[nH]ncc4c3)C(=O)N3CCN(C4CCN(C)CC4)CC3)CC2)cc2ccccc21. The third-order valence-corrected chi connectivity index (χ3v) is 14.5. The lowest BCUT2D eigenvalue weighted by Gasteiger charge is -2.43. The van der Waals surface area contributed by atoms with Crippen molar-refractivity contribution in [3.63, 3.8) is 0 Å². The molecule has 5 heterocycles. The molecule has 1 atom stereocenters. The topological polar surface area (TPSA) is 124 Å². The number of fused-ring (bicyclic) bond motifs is 2. The van der Waals surface area contributed by atoms with E-state index in [9.17, 15) is 19.2 Å². The fourth-order valence-electron chi connectivity index (χ4n) is 10.6. The van der Waals surface area contributed by atoms with Crippen LogP contribution in [0, 0.1) is 12.8 Å². The van der Waals surface area contributed by atoms with Crippen molar-refractivity contribution in [2.45, 2.75) is 148 Å². The maximum atomic E-state index is 14.4. The lowest BCUT2D eigenvalue weighted by molar-refractivity contribution is -0.147. The summed E-state index contributed by atoms with van der Waals surface area (Å²) in [5.74, 6) is -0.736. The number of H-pyrrole nitrogens is 1. The lowest BCUT2D eigenvalue weighted by atomic mass is 9.88. The van der Waals surface area contributed by atoms with Crippen LogP contribution in [0.1, 0.15) is 139 Å². The van der Waals surface area contributed by atoms with Crippen LogP contribution in [0.25, 0.3) is 21.8 Å². The van der Waals surface area contributed by atoms with E-state index in [1.807, 2.05) is 46.3 Å². The number of para-hydroxylation sites is 1. The van der Waals surface area contributed by atoms with Crippen molar-refractivity contribution in [2.24, 2.45) is 5.92 Å². The Morgan fingerprint density at radius 3 is 2.16 bits per heavy atom. The number of nitrogens with zero attached hydrogens (tertiary/aromatic N) is 6. The zero-order valence-corrected chi connectivity index (χ0v) is 39.2. The van der Waals surface area contributed by atoms with Crippen molar-refractivity contribution in [3.8, 4) is 0 Å². The fraction of sp³-hybridized carbons (Fsp3) is 0.635. The number of benzene rings is 2. The van der Waals surface area contributed by atoms with Gasteiger partial charge in [-0.05, 0) is 106 Å². The summed E-state index contributed by atoms with van der Waals surface area (Å²) in [4.78, 5) is 64.5. The lowest BCUT2D eigenvalue weighted by Crippen LogP contribution is -2.55. The minimum absolute atomic E-state index is 0.0106. The van der Waals surface area contributed by atoms with E-state index in [4.69, 9.17) is 4.74 Å². The largest absolute Gasteiger partial charge is 0.444 e. The normalized spacial score (nSPS) is 17.7. The van der Waals surface area contributed by atoms with E-state index >= 15 is 0 Å². The number of hydrogen-bond donors (Lipinski definition) is 1. The number of nitrogens with one attached hydrogen (secondary N) is 1. The first-order valence-electron chi connectivity index (χ1n) is 24.9. The van der Waals surface area contributed by atoms with Crippen LogP contribution in [-0.4, -0.2) is 118 Å². The molecule has 2 amide bonds. The molecular weight excluding hydrogens is 803 g/mol. The number of likely N-dealkylation sites (tertiary alicyclic amines) is 2. The summed E-state index contributed by atoms with van der Waals surface area (Å²) in [6, 6.07) is 14.5. The zero-order valence-electron chi connectivity index (χ0n) is 39.2. The maximum Gasteiger partial charge on any atom is 0.307 e. The van der Waals surface area contributed by atoms with Gasteiger partial charge in [0.05, 0.1) is 23.1 Å². The molecule has 3 saturated heterocycles. The summed E-state index contributed by atoms with van der Waals surface area (Å²) in [6.45, 7) is 10.5. The molecule has 3 fully saturated rings. The molecule has 348 valence electrons. The maximum absolute atomic E-state index is 14.4. The predicted molar refractivity (Wildman–Crippen MR) is 255 cm³/mol. The Morgan fingerprint density at radius 2 is 1.45 bits per heavy atom. The van der Waals surface area contributed by atoms with Crippen LogP contribution in [0.4, 0.5) is 0 Å². The van der Waals surface area contributed by atoms with Crippen molar-refractivity contribution < 1.29 is 19.1 Å². The van der Waals surface area contributed by atoms with E-state index in [2.05, 4.69) is 53.0 Å². The van der Waals surface area contributed by atoms with Crippen molar-refractivity contribution in [2.75, 3.05) is 59.4 Å². The molecule has 4 aromatic rings. The average Bonchev–Trinajstić information content (AvgIpc) is 3.80. The first kappa shape index (κ1) is 47.4. The van der Waals surface area contributed by atoms with Gasteiger partial charge in [0.2, 0.25) is 11.8 Å². The number of carbonyl (C=O) groups excluding carboxylic acids is 3. The van der Waals surface area contributed by atoms with E-state index < -0.39 is 5.92 Å². The summed E-state index contributed by atoms with van der Waals surface area (Å²) >= 11 is 0. The molecule has 0 bridgehead atoms. The van der Waals surface area contributed by atoms with E-state index in [-0.39, 0.29) is 42.4 Å². The monoisotopic (exact) mass is 878 g/mol. The van der Waals surface area contributed by atoms with Gasteiger partial charge in [0.15, 0.2) is 6.73 Å². The molecule has 0 unspecified atom stereocenters. The standard InChI is InChI=1S/C52H75N7O5/c1-4-5-6-7-8-9-10-11-12-13-14-19-49(61)64-38-59-47-18-16-15-17-42(47)35-46(52(59)63)41-20-26-57(27-21-41)48(60)36-43(33-40-32-39(2)50-44(34-40)37-53-54-50)51(62)58-30-28-56(29-31-58)45-22-24-55(3)25-23-45/h15-18,32,34-35,37,41,43,45H,4-14,19-31,33,36,38H2,1-3H3,(H,53,54)/t43-/m0/s1. The van der Waals surface area contributed by atoms with Crippen LogP contribution in [0.2, 0.25) is 0 Å². The Balaban J connectivity index is 0.938. The molecule has 0 saturated carbocycles. The van der Waals surface area contributed by atoms with Gasteiger partial charge < -0.3 is 19.4 Å². The van der Waals surface area contributed by atoms with Gasteiger partial charge in [-0.1, -0.05) is 95.4 Å². The van der Waals surface area contributed by atoms with Crippen LogP contribution in [0.15, 0.2) is 53.5 Å². The van der Waals surface area contributed by atoms with Gasteiger partial charge in [-0.2, -0.15) is 5.10 Å². The Kier molecular flexibility index (Phi) is 17.5. The quantitative estimate of drug-likeness (QED) is 0.0653. The number of unbranched alkanes of at least 4 members (excludes halogenated alkanes) is 10. The van der Waals surface area contributed by atoms with E-state index in [1.165, 1.54) is 64.2 Å². The minimum atomic E-state index is -0.478. The number of rotatable bonds is 21. The molecule has 1 N–H and O–H groups in total. The fourth-order valence-corrected chi connectivity index (χ4v) is 10.6. The van der Waals surface area contributed by atoms with E-state index in [0.717, 1.165) is 78.4 Å². The Labute approximate surface area is 381 Å². The van der Waals surface area contributed by atoms with Gasteiger partial charge >= 0.3 is 5.97 Å². The van der Waals surface area contributed by atoms with Crippen molar-refractivity contribution in [1.29, 1.82) is 0 Å². The Hall–Kier alpha value is -4.55. The highest BCUT2D eigenvalue weighted by Crippen LogP contribution is 2.30. The molecular formula is C52H75N7O5. The highest BCUT2D eigenvalue weighted by atomic mass is 16.5. The number of aromatic amines is 1. The van der Waals surface area contributed by atoms with Gasteiger partial charge in [-0.25, -0.2) is 0 Å². The Bertz CT molecular complexity index is 2190. The highest BCUT2D eigenvalue weighted by Gasteiger charge is 2.34. The smallest absolute Gasteiger partial charge is 0.307 e. The number of piperazine rings is 1. The molecule has 0 spiro atoms. The number of piperidine rings is 2. The molecule has 2 aromatic carbocycles. The third-order valence-electron chi connectivity index (χ3n) is 14.5. The summed E-state index contributed by atoms with van der Waals surface area (Å²) in [7, 11) is 2.19. The van der Waals surface area contributed by atoms with Crippen molar-refractivity contribution in [1.82, 2.24) is 34.4 Å². The molecule has 3 aliphatic rings. The number of hydrogen-bond acceptors (Lipinski definition) is 8. The minimum Gasteiger partial charge on any atom is -0.444 e. The van der Waals surface area contributed by atoms with Crippen LogP contribution in [0.5, 0.6) is 0 Å². The van der Waals surface area contributed by atoms with Crippen LogP contribution in [0.3, 0.4) is 0 Å². The number of aromatic nitrogens is 3. The first-order valence-corrected chi connectivity index (χ1v) is 24.9. The number of amides is 2. The van der Waals surface area contributed by atoms with Gasteiger partial charge in [-0.15, -0.1) is 0 Å². The second-order valence-corrected chi connectivity index (χ2v) is 19.2. The third kappa shape index (κ3) is 12.6. The van der Waals surface area contributed by atoms with E-state index in [0.29, 0.717) is 63.5 Å². The summed E-state index contributed by atoms with van der Waals surface area (Å²) < 4.78 is 7.34. The highest BCUT2D eigenvalue weighted by molar-refractivity contribution is 5.87. The molecule has 3 aliphatic heterocycles. The second kappa shape index (κ2) is 23.6. The van der Waals surface area contributed by atoms with Gasteiger partial charge in [0, 0.05) is 69.1 Å². The number of pyridine rings is 1. The Morgan fingerprint density at radius 1 is 0.781 bits per heavy atom. The molecule has 0 radical (unpaired) electrons. The molecule has 12 heteroatoms. The molecule has 64 heavy (non-hydrogen) atoms. The molecule has 12 nitrogen and oxygen atoms in total. The number of ether oxygens (including phenoxy) is 1. The predicted octanol–water partition coefficient (Wildman–Crippen LogP) is 8.58. The average molecular weight is 878 g/mol. The van der Waals surface area contributed by atoms with E-state index in [1.54, 1.807) is 4.57 Å². The molecule has 7 rings (SSSR count). The zero-order chi connectivity index (χ0) is 44.8. The molecule has 2 aromatic heterocycles. The summed E-state index contributed by atoms with van der Waals surface area (Å²) in [6.07, 6.45) is 19.8. The first-order chi connectivity index (χ1) is 31.2. The van der Waals surface area contributed by atoms with Crippen LogP contribution < -0.4 is 5.56 Å².